The van der Waals surface area contributed by atoms with Crippen molar-refractivity contribution < 1.29 is 9.53 Å². The molecule has 0 spiro atoms. The van der Waals surface area contributed by atoms with Gasteiger partial charge in [0.25, 0.3) is 0 Å². The normalized spacial score (nSPS) is 11.9. The third kappa shape index (κ3) is 4.75. The number of carbonyl (C=O) groups excluding carboxylic acids is 1. The highest BCUT2D eigenvalue weighted by atomic mass is 16.5. The second kappa shape index (κ2) is 7.71. The number of rotatable bonds is 7. The van der Waals surface area contributed by atoms with Gasteiger partial charge in [-0.1, -0.05) is 25.5 Å². The Morgan fingerprint density at radius 1 is 1.39 bits per heavy atom. The Labute approximate surface area is 109 Å². The number of benzene rings is 1. The zero-order chi connectivity index (χ0) is 13.4. The van der Waals surface area contributed by atoms with Gasteiger partial charge in [-0.2, -0.15) is 0 Å². The van der Waals surface area contributed by atoms with Crippen LogP contribution in [0.4, 0.5) is 0 Å². The Bertz CT molecular complexity index is 363. The van der Waals surface area contributed by atoms with Gasteiger partial charge in [0.15, 0.2) is 0 Å². The number of nitrogens with one attached hydrogen (secondary N) is 1. The molecule has 0 radical (unpaired) electrons. The van der Waals surface area contributed by atoms with Crippen LogP contribution in [0.25, 0.3) is 0 Å². The van der Waals surface area contributed by atoms with E-state index in [1.165, 1.54) is 5.56 Å². The predicted octanol–water partition coefficient (Wildman–Crippen LogP) is 1.48. The number of hydrogen-bond donors (Lipinski definition) is 2. The fourth-order valence-electron chi connectivity index (χ4n) is 1.70. The van der Waals surface area contributed by atoms with E-state index >= 15 is 0 Å². The van der Waals surface area contributed by atoms with E-state index in [9.17, 15) is 4.79 Å². The molecule has 4 nitrogen and oxygen atoms in total. The van der Waals surface area contributed by atoms with Gasteiger partial charge < -0.3 is 15.8 Å². The molecular weight excluding hydrogens is 228 g/mol. The summed E-state index contributed by atoms with van der Waals surface area (Å²) in [5, 5.41) is 2.85. The molecule has 1 rings (SSSR count). The summed E-state index contributed by atoms with van der Waals surface area (Å²) in [6.07, 6.45) is 2.45. The van der Waals surface area contributed by atoms with E-state index in [4.69, 9.17) is 10.5 Å². The monoisotopic (exact) mass is 250 g/mol. The van der Waals surface area contributed by atoms with Gasteiger partial charge in [0.1, 0.15) is 5.75 Å². The molecule has 18 heavy (non-hydrogen) atoms. The van der Waals surface area contributed by atoms with E-state index in [-0.39, 0.29) is 11.9 Å². The molecule has 0 aromatic heterocycles. The van der Waals surface area contributed by atoms with Crippen molar-refractivity contribution in [1.29, 1.82) is 0 Å². The number of nitrogens with two attached hydrogens (primary N) is 1. The summed E-state index contributed by atoms with van der Waals surface area (Å²) < 4.78 is 5.08. The molecule has 0 aliphatic carbocycles. The molecule has 1 aromatic carbocycles. The van der Waals surface area contributed by atoms with Crippen molar-refractivity contribution >= 4 is 5.91 Å². The smallest absolute Gasteiger partial charge is 0.236 e. The number of carbonyl (C=O) groups is 1. The van der Waals surface area contributed by atoms with E-state index in [1.54, 1.807) is 7.11 Å². The van der Waals surface area contributed by atoms with Crippen LogP contribution in [-0.2, 0) is 11.2 Å². The summed E-state index contributed by atoms with van der Waals surface area (Å²) in [7, 11) is 1.64. The lowest BCUT2D eigenvalue weighted by Crippen LogP contribution is -2.41. The fourth-order valence-corrected chi connectivity index (χ4v) is 1.70. The van der Waals surface area contributed by atoms with Crippen molar-refractivity contribution in [2.75, 3.05) is 13.7 Å². The van der Waals surface area contributed by atoms with E-state index in [1.807, 2.05) is 31.2 Å². The van der Waals surface area contributed by atoms with Crippen molar-refractivity contribution in [3.8, 4) is 5.75 Å². The van der Waals surface area contributed by atoms with Crippen molar-refractivity contribution in [2.45, 2.75) is 32.2 Å². The van der Waals surface area contributed by atoms with Crippen molar-refractivity contribution in [1.82, 2.24) is 5.32 Å². The lowest BCUT2D eigenvalue weighted by molar-refractivity contribution is -0.122. The molecule has 0 aliphatic rings. The van der Waals surface area contributed by atoms with Crippen molar-refractivity contribution in [2.24, 2.45) is 5.73 Å². The predicted molar refractivity (Wildman–Crippen MR) is 72.6 cm³/mol. The maximum Gasteiger partial charge on any atom is 0.236 e. The molecular formula is C14H22N2O2. The molecule has 1 atom stereocenters. The Hall–Kier alpha value is -1.55. The van der Waals surface area contributed by atoms with Crippen molar-refractivity contribution in [3.63, 3.8) is 0 Å². The van der Waals surface area contributed by atoms with Crippen LogP contribution in [0.2, 0.25) is 0 Å². The SMILES string of the molecule is CCCC(N)C(=O)NCCc1ccc(OC)cc1. The van der Waals surface area contributed by atoms with Gasteiger partial charge >= 0.3 is 0 Å². The Morgan fingerprint density at radius 3 is 2.61 bits per heavy atom. The summed E-state index contributed by atoms with van der Waals surface area (Å²) in [4.78, 5) is 11.6. The number of ether oxygens (including phenoxy) is 1. The molecule has 1 unspecified atom stereocenters. The molecule has 1 aromatic rings. The maximum atomic E-state index is 11.6. The number of amides is 1. The highest BCUT2D eigenvalue weighted by molar-refractivity contribution is 5.81. The maximum absolute atomic E-state index is 11.6. The minimum absolute atomic E-state index is 0.0645. The molecule has 0 saturated heterocycles. The highest BCUT2D eigenvalue weighted by Gasteiger charge is 2.10. The van der Waals surface area contributed by atoms with Crippen LogP contribution in [0.3, 0.4) is 0 Å². The summed E-state index contributed by atoms with van der Waals surface area (Å²) in [5.41, 5.74) is 6.88. The minimum Gasteiger partial charge on any atom is -0.497 e. The lowest BCUT2D eigenvalue weighted by atomic mass is 10.1. The second-order valence-electron chi connectivity index (χ2n) is 4.28. The Morgan fingerprint density at radius 2 is 2.06 bits per heavy atom. The topological polar surface area (TPSA) is 64.4 Å². The third-order valence-corrected chi connectivity index (χ3v) is 2.81. The summed E-state index contributed by atoms with van der Waals surface area (Å²) >= 11 is 0. The average molecular weight is 250 g/mol. The largest absolute Gasteiger partial charge is 0.497 e. The van der Waals surface area contributed by atoms with Gasteiger partial charge in [0.05, 0.1) is 13.2 Å². The molecule has 0 bridgehead atoms. The van der Waals surface area contributed by atoms with Gasteiger partial charge in [-0.05, 0) is 30.5 Å². The summed E-state index contributed by atoms with van der Waals surface area (Å²) in [5.74, 6) is 0.776. The molecule has 3 N–H and O–H groups in total. The first-order chi connectivity index (χ1) is 8.67. The van der Waals surface area contributed by atoms with E-state index in [0.717, 1.165) is 25.0 Å². The first kappa shape index (κ1) is 14.5. The van der Waals surface area contributed by atoms with Crippen molar-refractivity contribution in [3.05, 3.63) is 29.8 Å². The fraction of sp³-hybridized carbons (Fsp3) is 0.500. The molecule has 100 valence electrons. The first-order valence-corrected chi connectivity index (χ1v) is 6.33. The van der Waals surface area contributed by atoms with Crippen LogP contribution in [0.15, 0.2) is 24.3 Å². The molecule has 0 saturated carbocycles. The van der Waals surface area contributed by atoms with Crippen LogP contribution < -0.4 is 15.8 Å². The first-order valence-electron chi connectivity index (χ1n) is 6.33. The van der Waals surface area contributed by atoms with E-state index < -0.39 is 0 Å². The number of methoxy groups -OCH3 is 1. The summed E-state index contributed by atoms with van der Waals surface area (Å²) in [6, 6.07) is 7.44. The van der Waals surface area contributed by atoms with Crippen LogP contribution in [-0.4, -0.2) is 25.6 Å². The Kier molecular flexibility index (Phi) is 6.22. The molecule has 1 amide bonds. The standard InChI is InChI=1S/C14H22N2O2/c1-3-4-13(15)14(17)16-10-9-11-5-7-12(18-2)8-6-11/h5-8,13H,3-4,9-10,15H2,1-2H3,(H,16,17). The Balaban J connectivity index is 2.30. The summed E-state index contributed by atoms with van der Waals surface area (Å²) in [6.45, 7) is 2.63. The quantitative estimate of drug-likeness (QED) is 0.770. The molecule has 0 fully saturated rings. The highest BCUT2D eigenvalue weighted by Crippen LogP contribution is 2.11. The van der Waals surface area contributed by atoms with Crippen LogP contribution in [0.1, 0.15) is 25.3 Å². The lowest BCUT2D eigenvalue weighted by Gasteiger charge is -2.11. The minimum atomic E-state index is -0.383. The van der Waals surface area contributed by atoms with Crippen LogP contribution in [0.5, 0.6) is 5.75 Å². The zero-order valence-electron chi connectivity index (χ0n) is 11.1. The van der Waals surface area contributed by atoms with Crippen LogP contribution >= 0.6 is 0 Å². The van der Waals surface area contributed by atoms with E-state index in [0.29, 0.717) is 6.54 Å². The second-order valence-corrected chi connectivity index (χ2v) is 4.28. The molecule has 0 heterocycles. The van der Waals surface area contributed by atoms with Gasteiger partial charge in [-0.25, -0.2) is 0 Å². The third-order valence-electron chi connectivity index (χ3n) is 2.81. The molecule has 4 heteroatoms. The van der Waals surface area contributed by atoms with Gasteiger partial charge in [-0.3, -0.25) is 4.79 Å². The zero-order valence-corrected chi connectivity index (χ0v) is 11.1. The van der Waals surface area contributed by atoms with Gasteiger partial charge in [0.2, 0.25) is 5.91 Å². The van der Waals surface area contributed by atoms with Gasteiger partial charge in [-0.15, -0.1) is 0 Å². The van der Waals surface area contributed by atoms with Crippen LogP contribution in [0, 0.1) is 0 Å². The number of hydrogen-bond acceptors (Lipinski definition) is 3. The average Bonchev–Trinajstić information content (AvgIpc) is 2.39. The van der Waals surface area contributed by atoms with Gasteiger partial charge in [0, 0.05) is 6.54 Å². The van der Waals surface area contributed by atoms with E-state index in [2.05, 4.69) is 5.32 Å². The molecule has 0 aliphatic heterocycles.